The van der Waals surface area contributed by atoms with Crippen LogP contribution in [0.2, 0.25) is 0 Å². The fraction of sp³-hybridized carbons (Fsp3) is 0.444. The van der Waals surface area contributed by atoms with E-state index in [2.05, 4.69) is 4.90 Å². The van der Waals surface area contributed by atoms with Gasteiger partial charge in [-0.15, -0.1) is 0 Å². The summed E-state index contributed by atoms with van der Waals surface area (Å²) in [5, 5.41) is 0. The zero-order chi connectivity index (χ0) is 26.0. The summed E-state index contributed by atoms with van der Waals surface area (Å²) in [6.07, 6.45) is 0. The Balaban J connectivity index is 1.45. The third-order valence-corrected chi connectivity index (χ3v) is 6.85. The summed E-state index contributed by atoms with van der Waals surface area (Å²) in [5.41, 5.74) is 1.67. The number of hydrogen-bond donors (Lipinski definition) is 0. The van der Waals surface area contributed by atoms with Crippen molar-refractivity contribution in [1.82, 2.24) is 14.7 Å². The molecule has 9 nitrogen and oxygen atoms in total. The van der Waals surface area contributed by atoms with Gasteiger partial charge in [-0.2, -0.15) is 0 Å². The molecule has 0 N–H and O–H groups in total. The van der Waals surface area contributed by atoms with Crippen LogP contribution < -0.4 is 14.2 Å². The Hall–Kier alpha value is -3.59. The van der Waals surface area contributed by atoms with Gasteiger partial charge in [-0.05, 0) is 24.1 Å². The molecule has 2 aliphatic rings. The normalized spacial score (nSPS) is 16.8. The molecule has 0 spiro atoms. The van der Waals surface area contributed by atoms with Gasteiger partial charge >= 0.3 is 0 Å². The van der Waals surface area contributed by atoms with E-state index < -0.39 is 17.9 Å². The number of nitrogens with zero attached hydrogens (tertiary/aromatic N) is 3. The molecule has 0 radical (unpaired) electrons. The van der Waals surface area contributed by atoms with E-state index >= 15 is 0 Å². The number of amides is 3. The highest BCUT2D eigenvalue weighted by Gasteiger charge is 2.45. The Bertz CT molecular complexity index is 1120. The van der Waals surface area contributed by atoms with Crippen LogP contribution in [-0.2, 0) is 11.3 Å². The predicted octanol–water partition coefficient (Wildman–Crippen LogP) is 2.68. The standard InChI is InChI=1S/C27H33N3O6/c1-17(2)22(30-25(31)19-8-6-7-9-20(19)26(30)32)27(33)29-14-12-28(13-15-29)16-18-10-11-21(34-3)24(36-5)23(18)35-4/h6-11,17,22H,12-16H2,1-5H3. The summed E-state index contributed by atoms with van der Waals surface area (Å²) in [6, 6.07) is 9.70. The summed E-state index contributed by atoms with van der Waals surface area (Å²) < 4.78 is 16.5. The third-order valence-electron chi connectivity index (χ3n) is 6.85. The topological polar surface area (TPSA) is 88.6 Å². The van der Waals surface area contributed by atoms with Gasteiger partial charge in [0.1, 0.15) is 6.04 Å². The highest BCUT2D eigenvalue weighted by molar-refractivity contribution is 6.22. The predicted molar refractivity (Wildman–Crippen MR) is 134 cm³/mol. The Morgan fingerprint density at radius 2 is 1.42 bits per heavy atom. The molecule has 0 bridgehead atoms. The van der Waals surface area contributed by atoms with Crippen LogP contribution >= 0.6 is 0 Å². The lowest BCUT2D eigenvalue weighted by Crippen LogP contribution is -2.57. The summed E-state index contributed by atoms with van der Waals surface area (Å²) in [6.45, 7) is 6.66. The molecular formula is C27H33N3O6. The monoisotopic (exact) mass is 495 g/mol. The highest BCUT2D eigenvalue weighted by atomic mass is 16.5. The molecule has 1 atom stereocenters. The number of fused-ring (bicyclic) bond motifs is 1. The van der Waals surface area contributed by atoms with E-state index in [1.807, 2.05) is 26.0 Å². The first-order valence-electron chi connectivity index (χ1n) is 12.1. The van der Waals surface area contributed by atoms with E-state index in [-0.39, 0.29) is 11.8 Å². The first kappa shape index (κ1) is 25.5. The van der Waals surface area contributed by atoms with Crippen molar-refractivity contribution < 1.29 is 28.6 Å². The van der Waals surface area contributed by atoms with Crippen LogP contribution in [0.5, 0.6) is 17.2 Å². The van der Waals surface area contributed by atoms with Gasteiger partial charge < -0.3 is 19.1 Å². The van der Waals surface area contributed by atoms with Gasteiger partial charge in [-0.1, -0.05) is 32.0 Å². The SMILES string of the molecule is COc1ccc(CN2CCN(C(=O)C(C(C)C)N3C(=O)c4ccccc4C3=O)CC2)c(OC)c1OC. The van der Waals surface area contributed by atoms with Gasteiger partial charge in [0.2, 0.25) is 11.7 Å². The molecule has 36 heavy (non-hydrogen) atoms. The molecule has 3 amide bonds. The first-order valence-corrected chi connectivity index (χ1v) is 12.1. The molecular weight excluding hydrogens is 462 g/mol. The van der Waals surface area contributed by atoms with Gasteiger partial charge in [0, 0.05) is 38.3 Å². The van der Waals surface area contributed by atoms with Gasteiger partial charge in [0.05, 0.1) is 32.5 Å². The Morgan fingerprint density at radius 1 is 0.833 bits per heavy atom. The van der Waals surface area contributed by atoms with Crippen molar-refractivity contribution in [3.8, 4) is 17.2 Å². The number of hydrogen-bond acceptors (Lipinski definition) is 7. The number of imide groups is 1. The van der Waals surface area contributed by atoms with E-state index in [0.29, 0.717) is 61.1 Å². The molecule has 1 fully saturated rings. The molecule has 1 unspecified atom stereocenters. The maximum absolute atomic E-state index is 13.6. The molecule has 0 saturated carbocycles. The molecule has 0 aliphatic carbocycles. The van der Waals surface area contributed by atoms with Crippen LogP contribution in [0, 0.1) is 5.92 Å². The fourth-order valence-electron chi connectivity index (χ4n) is 5.00. The Morgan fingerprint density at radius 3 is 1.92 bits per heavy atom. The maximum atomic E-state index is 13.6. The molecule has 9 heteroatoms. The number of piperazine rings is 1. The molecule has 2 aromatic rings. The van der Waals surface area contributed by atoms with Crippen molar-refractivity contribution in [1.29, 1.82) is 0 Å². The lowest BCUT2D eigenvalue weighted by molar-refractivity contribution is -0.138. The van der Waals surface area contributed by atoms with E-state index in [1.54, 1.807) is 50.5 Å². The van der Waals surface area contributed by atoms with Gasteiger partial charge in [-0.3, -0.25) is 24.2 Å². The number of benzene rings is 2. The average molecular weight is 496 g/mol. The number of carbonyl (C=O) groups excluding carboxylic acids is 3. The van der Waals surface area contributed by atoms with E-state index in [9.17, 15) is 14.4 Å². The van der Waals surface area contributed by atoms with Crippen LogP contribution in [0.25, 0.3) is 0 Å². The second-order valence-electron chi connectivity index (χ2n) is 9.31. The molecule has 1 saturated heterocycles. The van der Waals surface area contributed by atoms with E-state index in [1.165, 1.54) is 0 Å². The van der Waals surface area contributed by atoms with E-state index in [4.69, 9.17) is 14.2 Å². The number of rotatable bonds is 8. The Kier molecular flexibility index (Phi) is 7.49. The van der Waals surface area contributed by atoms with Crippen molar-refractivity contribution >= 4 is 17.7 Å². The van der Waals surface area contributed by atoms with Crippen molar-refractivity contribution in [2.75, 3.05) is 47.5 Å². The largest absolute Gasteiger partial charge is 0.493 e. The molecule has 4 rings (SSSR count). The lowest BCUT2D eigenvalue weighted by Gasteiger charge is -2.39. The van der Waals surface area contributed by atoms with Crippen molar-refractivity contribution in [2.24, 2.45) is 5.92 Å². The molecule has 2 aliphatic heterocycles. The number of methoxy groups -OCH3 is 3. The van der Waals surface area contributed by atoms with Crippen LogP contribution in [-0.4, -0.2) is 86.0 Å². The van der Waals surface area contributed by atoms with Crippen LogP contribution in [0.1, 0.15) is 40.1 Å². The average Bonchev–Trinajstić information content (AvgIpc) is 3.14. The lowest BCUT2D eigenvalue weighted by atomic mass is 10.0. The molecule has 0 aromatic heterocycles. The third kappa shape index (κ3) is 4.51. The number of carbonyl (C=O) groups is 3. The van der Waals surface area contributed by atoms with Crippen LogP contribution in [0.3, 0.4) is 0 Å². The summed E-state index contributed by atoms with van der Waals surface area (Å²) in [5.74, 6) is 0.564. The van der Waals surface area contributed by atoms with Crippen LogP contribution in [0.4, 0.5) is 0 Å². The summed E-state index contributed by atoms with van der Waals surface area (Å²) in [4.78, 5) is 44.8. The highest BCUT2D eigenvalue weighted by Crippen LogP contribution is 2.40. The maximum Gasteiger partial charge on any atom is 0.262 e. The summed E-state index contributed by atoms with van der Waals surface area (Å²) >= 11 is 0. The second kappa shape index (κ2) is 10.6. The number of ether oxygens (including phenoxy) is 3. The van der Waals surface area contributed by atoms with Crippen LogP contribution in [0.15, 0.2) is 36.4 Å². The minimum Gasteiger partial charge on any atom is -0.493 e. The van der Waals surface area contributed by atoms with Gasteiger partial charge in [-0.25, -0.2) is 0 Å². The molecule has 192 valence electrons. The van der Waals surface area contributed by atoms with Gasteiger partial charge in [0.15, 0.2) is 11.5 Å². The van der Waals surface area contributed by atoms with Crippen molar-refractivity contribution in [3.05, 3.63) is 53.1 Å². The quantitative estimate of drug-likeness (QED) is 0.520. The summed E-state index contributed by atoms with van der Waals surface area (Å²) in [7, 11) is 4.76. The van der Waals surface area contributed by atoms with E-state index in [0.717, 1.165) is 10.5 Å². The minimum absolute atomic E-state index is 0.192. The fourth-order valence-corrected chi connectivity index (χ4v) is 5.00. The Labute approximate surface area is 211 Å². The molecule has 2 heterocycles. The zero-order valence-electron chi connectivity index (χ0n) is 21.4. The molecule has 2 aromatic carbocycles. The smallest absolute Gasteiger partial charge is 0.262 e. The van der Waals surface area contributed by atoms with Crippen molar-refractivity contribution in [3.63, 3.8) is 0 Å². The van der Waals surface area contributed by atoms with Gasteiger partial charge in [0.25, 0.3) is 11.8 Å². The van der Waals surface area contributed by atoms with Crippen molar-refractivity contribution in [2.45, 2.75) is 26.4 Å². The second-order valence-corrected chi connectivity index (χ2v) is 9.31. The minimum atomic E-state index is -0.838. The first-order chi connectivity index (χ1) is 17.3. The zero-order valence-corrected chi connectivity index (χ0v) is 21.4.